The molecule has 0 bridgehead atoms. The van der Waals surface area contributed by atoms with Crippen molar-refractivity contribution in [3.8, 4) is 5.69 Å². The van der Waals surface area contributed by atoms with E-state index in [1.165, 1.54) is 0 Å². The Hall–Kier alpha value is -3.35. The van der Waals surface area contributed by atoms with Gasteiger partial charge in [0.25, 0.3) is 5.91 Å². The van der Waals surface area contributed by atoms with Crippen molar-refractivity contribution in [3.63, 3.8) is 0 Å². The van der Waals surface area contributed by atoms with Crippen LogP contribution in [0.3, 0.4) is 0 Å². The van der Waals surface area contributed by atoms with E-state index in [1.807, 2.05) is 41.2 Å². The third-order valence-electron chi connectivity index (χ3n) is 3.48. The molecule has 7 nitrogen and oxygen atoms in total. The fraction of sp³-hybridized carbons (Fsp3) is 0.118. The number of anilines is 1. The van der Waals surface area contributed by atoms with E-state index in [4.69, 9.17) is 5.73 Å². The van der Waals surface area contributed by atoms with Crippen LogP contribution in [0.15, 0.2) is 61.1 Å². The molecule has 0 fully saturated rings. The zero-order chi connectivity index (χ0) is 16.9. The number of hydrogen-bond donors (Lipinski definition) is 2. The van der Waals surface area contributed by atoms with Crippen molar-refractivity contribution in [1.82, 2.24) is 14.3 Å². The van der Waals surface area contributed by atoms with E-state index in [0.717, 1.165) is 5.69 Å². The number of carbonyl (C=O) groups is 2. The van der Waals surface area contributed by atoms with Gasteiger partial charge >= 0.3 is 0 Å². The maximum Gasteiger partial charge on any atom is 0.256 e. The first-order chi connectivity index (χ1) is 11.6. The minimum absolute atomic E-state index is 0.202. The lowest BCUT2D eigenvalue weighted by Gasteiger charge is -2.06. The second-order valence-electron chi connectivity index (χ2n) is 5.28. The Labute approximate surface area is 138 Å². The Bertz CT molecular complexity index is 852. The van der Waals surface area contributed by atoms with Crippen LogP contribution in [0.4, 0.5) is 5.82 Å². The van der Waals surface area contributed by atoms with Crippen LogP contribution in [0.2, 0.25) is 0 Å². The summed E-state index contributed by atoms with van der Waals surface area (Å²) in [7, 11) is 0. The topological polar surface area (TPSA) is 94.9 Å². The van der Waals surface area contributed by atoms with Crippen molar-refractivity contribution in [2.75, 3.05) is 5.32 Å². The number of hydrogen-bond acceptors (Lipinski definition) is 3. The standard InChI is InChI=1S/C17H17N5O2/c18-15(23)6-10-22-11-7-16(20-22)19-17(24)13-4-3-5-14(12-13)21-8-1-2-9-21/h1-5,7-9,11-12H,6,10H2,(H2,18,23)(H,19,20,24). The van der Waals surface area contributed by atoms with Crippen molar-refractivity contribution < 1.29 is 9.59 Å². The highest BCUT2D eigenvalue weighted by molar-refractivity contribution is 6.04. The van der Waals surface area contributed by atoms with Gasteiger partial charge in [-0.2, -0.15) is 5.10 Å². The van der Waals surface area contributed by atoms with Gasteiger partial charge in [-0.25, -0.2) is 0 Å². The number of aromatic nitrogens is 3. The molecule has 0 unspecified atom stereocenters. The van der Waals surface area contributed by atoms with Gasteiger partial charge in [0.05, 0.1) is 0 Å². The summed E-state index contributed by atoms with van der Waals surface area (Å²) < 4.78 is 3.49. The van der Waals surface area contributed by atoms with Gasteiger partial charge in [0, 0.05) is 48.9 Å². The Morgan fingerprint density at radius 1 is 1.08 bits per heavy atom. The fourth-order valence-electron chi connectivity index (χ4n) is 2.28. The zero-order valence-corrected chi connectivity index (χ0v) is 12.9. The third kappa shape index (κ3) is 3.70. The van der Waals surface area contributed by atoms with E-state index in [2.05, 4.69) is 10.4 Å². The molecule has 0 aliphatic carbocycles. The van der Waals surface area contributed by atoms with Crippen LogP contribution in [0.25, 0.3) is 5.69 Å². The van der Waals surface area contributed by atoms with Gasteiger partial charge < -0.3 is 15.6 Å². The monoisotopic (exact) mass is 323 g/mol. The number of aryl methyl sites for hydroxylation is 1. The van der Waals surface area contributed by atoms with E-state index < -0.39 is 5.91 Å². The number of primary amides is 1. The Kier molecular flexibility index (Phi) is 4.42. The minimum Gasteiger partial charge on any atom is -0.370 e. The number of benzene rings is 1. The van der Waals surface area contributed by atoms with E-state index in [9.17, 15) is 9.59 Å². The Balaban J connectivity index is 1.69. The Morgan fingerprint density at radius 3 is 2.62 bits per heavy atom. The van der Waals surface area contributed by atoms with Crippen LogP contribution in [0, 0.1) is 0 Å². The fourth-order valence-corrected chi connectivity index (χ4v) is 2.28. The summed E-state index contributed by atoms with van der Waals surface area (Å²) in [4.78, 5) is 23.1. The predicted octanol–water partition coefficient (Wildman–Crippen LogP) is 1.80. The highest BCUT2D eigenvalue weighted by Gasteiger charge is 2.09. The summed E-state index contributed by atoms with van der Waals surface area (Å²) in [5.41, 5.74) is 6.54. The molecule has 7 heteroatoms. The second kappa shape index (κ2) is 6.82. The summed E-state index contributed by atoms with van der Waals surface area (Å²) in [6.07, 6.45) is 5.72. The number of nitrogens with two attached hydrogens (primary N) is 1. The molecule has 0 atom stereocenters. The van der Waals surface area contributed by atoms with Crippen molar-refractivity contribution >= 4 is 17.6 Å². The molecule has 3 aromatic rings. The first kappa shape index (κ1) is 15.5. The average molecular weight is 323 g/mol. The quantitative estimate of drug-likeness (QED) is 0.724. The van der Waals surface area contributed by atoms with Crippen LogP contribution in [0.5, 0.6) is 0 Å². The normalized spacial score (nSPS) is 10.5. The summed E-state index contributed by atoms with van der Waals surface area (Å²) in [5.74, 6) is -0.210. The maximum absolute atomic E-state index is 12.4. The summed E-state index contributed by atoms with van der Waals surface area (Å²) in [5, 5.41) is 6.93. The molecule has 0 aliphatic heterocycles. The first-order valence-corrected chi connectivity index (χ1v) is 7.48. The Morgan fingerprint density at radius 2 is 1.88 bits per heavy atom. The highest BCUT2D eigenvalue weighted by Crippen LogP contribution is 2.13. The lowest BCUT2D eigenvalue weighted by atomic mass is 10.2. The molecule has 3 rings (SSSR count). The third-order valence-corrected chi connectivity index (χ3v) is 3.48. The minimum atomic E-state index is -0.391. The molecule has 2 aromatic heterocycles. The molecule has 0 spiro atoms. The van der Waals surface area contributed by atoms with Gasteiger partial charge in [-0.05, 0) is 30.3 Å². The van der Waals surface area contributed by atoms with Gasteiger partial charge in [0.2, 0.25) is 5.91 Å². The molecule has 1 aromatic carbocycles. The van der Waals surface area contributed by atoms with Crippen molar-refractivity contribution in [1.29, 1.82) is 0 Å². The maximum atomic E-state index is 12.4. The lowest BCUT2D eigenvalue weighted by molar-refractivity contribution is -0.118. The summed E-state index contributed by atoms with van der Waals surface area (Å²) >= 11 is 0. The van der Waals surface area contributed by atoms with E-state index in [-0.39, 0.29) is 12.3 Å². The largest absolute Gasteiger partial charge is 0.370 e. The zero-order valence-electron chi connectivity index (χ0n) is 12.9. The number of nitrogens with zero attached hydrogens (tertiary/aromatic N) is 3. The first-order valence-electron chi connectivity index (χ1n) is 7.48. The molecular formula is C17H17N5O2. The highest BCUT2D eigenvalue weighted by atomic mass is 16.2. The van der Waals surface area contributed by atoms with Crippen molar-refractivity contribution in [2.45, 2.75) is 13.0 Å². The predicted molar refractivity (Wildman–Crippen MR) is 89.8 cm³/mol. The molecule has 3 N–H and O–H groups in total. The number of nitrogens with one attached hydrogen (secondary N) is 1. The van der Waals surface area contributed by atoms with E-state index >= 15 is 0 Å². The van der Waals surface area contributed by atoms with Crippen LogP contribution in [-0.2, 0) is 11.3 Å². The van der Waals surface area contributed by atoms with Crippen LogP contribution in [-0.4, -0.2) is 26.2 Å². The van der Waals surface area contributed by atoms with Crippen molar-refractivity contribution in [2.24, 2.45) is 5.73 Å². The van der Waals surface area contributed by atoms with Crippen LogP contribution in [0.1, 0.15) is 16.8 Å². The summed E-state index contributed by atoms with van der Waals surface area (Å²) in [6.45, 7) is 0.383. The molecule has 122 valence electrons. The van der Waals surface area contributed by atoms with Gasteiger partial charge in [-0.1, -0.05) is 6.07 Å². The molecule has 0 saturated carbocycles. The lowest BCUT2D eigenvalue weighted by Crippen LogP contribution is -2.15. The van der Waals surface area contributed by atoms with Gasteiger partial charge in [-0.15, -0.1) is 0 Å². The SMILES string of the molecule is NC(=O)CCn1ccc(NC(=O)c2cccc(-n3cccc3)c2)n1. The number of amides is 2. The number of rotatable bonds is 6. The van der Waals surface area contributed by atoms with Gasteiger partial charge in [-0.3, -0.25) is 14.3 Å². The van der Waals surface area contributed by atoms with Crippen LogP contribution < -0.4 is 11.1 Å². The van der Waals surface area contributed by atoms with Crippen molar-refractivity contribution in [3.05, 3.63) is 66.6 Å². The average Bonchev–Trinajstić information content (AvgIpc) is 3.25. The van der Waals surface area contributed by atoms with Gasteiger partial charge in [0.1, 0.15) is 0 Å². The smallest absolute Gasteiger partial charge is 0.256 e. The molecule has 0 aliphatic rings. The second-order valence-corrected chi connectivity index (χ2v) is 5.28. The van der Waals surface area contributed by atoms with Crippen LogP contribution >= 0.6 is 0 Å². The molecule has 0 saturated heterocycles. The molecule has 2 heterocycles. The van der Waals surface area contributed by atoms with E-state index in [0.29, 0.717) is 17.9 Å². The number of carbonyl (C=O) groups excluding carboxylic acids is 2. The van der Waals surface area contributed by atoms with E-state index in [1.54, 1.807) is 29.1 Å². The molecule has 0 radical (unpaired) electrons. The summed E-state index contributed by atoms with van der Waals surface area (Å²) in [6, 6.07) is 12.8. The molecular weight excluding hydrogens is 306 g/mol. The molecule has 24 heavy (non-hydrogen) atoms. The van der Waals surface area contributed by atoms with Gasteiger partial charge in [0.15, 0.2) is 5.82 Å². The molecule has 2 amide bonds.